The van der Waals surface area contributed by atoms with Crippen LogP contribution in [0, 0.1) is 19.8 Å². The molecule has 1 aliphatic rings. The van der Waals surface area contributed by atoms with Crippen molar-refractivity contribution in [2.45, 2.75) is 33.1 Å². The highest BCUT2D eigenvalue weighted by Gasteiger charge is 2.28. The Kier molecular flexibility index (Phi) is 6.28. The van der Waals surface area contributed by atoms with Crippen molar-refractivity contribution < 1.29 is 9.59 Å². The SMILES string of the molecule is Cc1cc(C)cc(C(=O)N2CCC[C@@H](C(=O)NCCc3ccccc3)C2)c1. The third-order valence-electron chi connectivity index (χ3n) is 5.10. The fourth-order valence-electron chi connectivity index (χ4n) is 3.78. The Hall–Kier alpha value is -2.62. The van der Waals surface area contributed by atoms with Gasteiger partial charge in [-0.05, 0) is 50.8 Å². The molecule has 3 rings (SSSR count). The van der Waals surface area contributed by atoms with Gasteiger partial charge in [0, 0.05) is 25.2 Å². The van der Waals surface area contributed by atoms with Gasteiger partial charge in [0.15, 0.2) is 0 Å². The highest BCUT2D eigenvalue weighted by atomic mass is 16.2. The first-order chi connectivity index (χ1) is 13.0. The van der Waals surface area contributed by atoms with Gasteiger partial charge < -0.3 is 10.2 Å². The molecular weight excluding hydrogens is 336 g/mol. The molecule has 1 fully saturated rings. The summed E-state index contributed by atoms with van der Waals surface area (Å²) in [7, 11) is 0. The van der Waals surface area contributed by atoms with Crippen molar-refractivity contribution in [3.8, 4) is 0 Å². The zero-order valence-electron chi connectivity index (χ0n) is 16.2. The summed E-state index contributed by atoms with van der Waals surface area (Å²) in [5.74, 6) is -0.0307. The number of hydrogen-bond acceptors (Lipinski definition) is 2. The molecule has 0 aromatic heterocycles. The minimum atomic E-state index is -0.121. The maximum atomic E-state index is 12.9. The van der Waals surface area contributed by atoms with Gasteiger partial charge >= 0.3 is 0 Å². The number of carbonyl (C=O) groups is 2. The largest absolute Gasteiger partial charge is 0.355 e. The zero-order chi connectivity index (χ0) is 19.2. The number of benzene rings is 2. The second-order valence-electron chi connectivity index (χ2n) is 7.49. The number of rotatable bonds is 5. The summed E-state index contributed by atoms with van der Waals surface area (Å²) in [6, 6.07) is 16.1. The topological polar surface area (TPSA) is 49.4 Å². The van der Waals surface area contributed by atoms with E-state index in [-0.39, 0.29) is 17.7 Å². The van der Waals surface area contributed by atoms with Crippen molar-refractivity contribution in [1.82, 2.24) is 10.2 Å². The summed E-state index contributed by atoms with van der Waals surface area (Å²) >= 11 is 0. The van der Waals surface area contributed by atoms with Gasteiger partial charge in [0.2, 0.25) is 5.91 Å². The van der Waals surface area contributed by atoms with Crippen LogP contribution in [-0.4, -0.2) is 36.3 Å². The number of carbonyl (C=O) groups excluding carboxylic acids is 2. The van der Waals surface area contributed by atoms with E-state index in [1.165, 1.54) is 5.56 Å². The number of nitrogens with zero attached hydrogens (tertiary/aromatic N) is 1. The number of amides is 2. The van der Waals surface area contributed by atoms with Gasteiger partial charge in [-0.2, -0.15) is 0 Å². The van der Waals surface area contributed by atoms with E-state index in [9.17, 15) is 9.59 Å². The predicted molar refractivity (Wildman–Crippen MR) is 108 cm³/mol. The molecule has 142 valence electrons. The van der Waals surface area contributed by atoms with Gasteiger partial charge in [0.05, 0.1) is 5.92 Å². The standard InChI is InChI=1S/C23H28N2O2/c1-17-13-18(2)15-21(14-17)23(27)25-12-6-9-20(16-25)22(26)24-11-10-19-7-4-3-5-8-19/h3-5,7-8,13-15,20H,6,9-12,16H2,1-2H3,(H,24,26)/t20-/m1/s1. The molecule has 0 spiro atoms. The van der Waals surface area contributed by atoms with E-state index in [1.54, 1.807) is 0 Å². The number of nitrogens with one attached hydrogen (secondary N) is 1. The van der Waals surface area contributed by atoms with Gasteiger partial charge in [0.1, 0.15) is 0 Å². The molecule has 1 heterocycles. The molecule has 0 saturated carbocycles. The smallest absolute Gasteiger partial charge is 0.253 e. The van der Waals surface area contributed by atoms with E-state index in [2.05, 4.69) is 23.5 Å². The van der Waals surface area contributed by atoms with Crippen LogP contribution in [0.3, 0.4) is 0 Å². The van der Waals surface area contributed by atoms with Gasteiger partial charge in [-0.1, -0.05) is 47.5 Å². The highest BCUT2D eigenvalue weighted by molar-refractivity contribution is 5.95. The fourth-order valence-corrected chi connectivity index (χ4v) is 3.78. The maximum absolute atomic E-state index is 12.9. The first-order valence-electron chi connectivity index (χ1n) is 9.72. The zero-order valence-corrected chi connectivity index (χ0v) is 16.2. The maximum Gasteiger partial charge on any atom is 0.253 e. The van der Waals surface area contributed by atoms with Crippen molar-refractivity contribution in [2.75, 3.05) is 19.6 Å². The molecule has 0 bridgehead atoms. The van der Waals surface area contributed by atoms with Crippen LogP contribution < -0.4 is 5.32 Å². The number of hydrogen-bond donors (Lipinski definition) is 1. The second-order valence-corrected chi connectivity index (χ2v) is 7.49. The summed E-state index contributed by atoms with van der Waals surface area (Å²) < 4.78 is 0. The Morgan fingerprint density at radius 3 is 2.48 bits per heavy atom. The Balaban J connectivity index is 1.55. The van der Waals surface area contributed by atoms with E-state index in [0.717, 1.165) is 42.5 Å². The van der Waals surface area contributed by atoms with Crippen molar-refractivity contribution in [2.24, 2.45) is 5.92 Å². The van der Waals surface area contributed by atoms with Crippen LogP contribution in [0.15, 0.2) is 48.5 Å². The molecular formula is C23H28N2O2. The summed E-state index contributed by atoms with van der Waals surface area (Å²) in [6.45, 7) is 5.86. The molecule has 4 nitrogen and oxygen atoms in total. The molecule has 27 heavy (non-hydrogen) atoms. The molecule has 1 atom stereocenters. The minimum absolute atomic E-state index is 0.0311. The Morgan fingerprint density at radius 2 is 1.78 bits per heavy atom. The molecule has 0 unspecified atom stereocenters. The lowest BCUT2D eigenvalue weighted by Gasteiger charge is -2.32. The molecule has 0 aliphatic carbocycles. The average molecular weight is 364 g/mol. The summed E-state index contributed by atoms with van der Waals surface area (Å²) in [5.41, 5.74) is 4.11. The van der Waals surface area contributed by atoms with Gasteiger partial charge in [-0.15, -0.1) is 0 Å². The monoisotopic (exact) mass is 364 g/mol. The van der Waals surface area contributed by atoms with Crippen LogP contribution in [-0.2, 0) is 11.2 Å². The summed E-state index contributed by atoms with van der Waals surface area (Å²) in [5, 5.41) is 3.04. The molecule has 1 aliphatic heterocycles. The van der Waals surface area contributed by atoms with Crippen molar-refractivity contribution in [1.29, 1.82) is 0 Å². The first kappa shape index (κ1) is 19.2. The third-order valence-corrected chi connectivity index (χ3v) is 5.10. The molecule has 4 heteroatoms. The molecule has 1 saturated heterocycles. The van der Waals surface area contributed by atoms with Gasteiger partial charge in [0.25, 0.3) is 5.91 Å². The lowest BCUT2D eigenvalue weighted by Crippen LogP contribution is -2.45. The summed E-state index contributed by atoms with van der Waals surface area (Å²) in [6.07, 6.45) is 2.53. The lowest BCUT2D eigenvalue weighted by atomic mass is 9.96. The van der Waals surface area contributed by atoms with E-state index in [4.69, 9.17) is 0 Å². The van der Waals surface area contributed by atoms with Crippen molar-refractivity contribution in [3.05, 3.63) is 70.8 Å². The Labute approximate surface area is 161 Å². The molecule has 1 N–H and O–H groups in total. The van der Waals surface area contributed by atoms with Crippen molar-refractivity contribution >= 4 is 11.8 Å². The molecule has 2 aromatic carbocycles. The molecule has 2 amide bonds. The molecule has 2 aromatic rings. The predicted octanol–water partition coefficient (Wildman–Crippen LogP) is 3.51. The number of aryl methyl sites for hydroxylation is 2. The van der Waals surface area contributed by atoms with Gasteiger partial charge in [-0.3, -0.25) is 9.59 Å². The lowest BCUT2D eigenvalue weighted by molar-refractivity contribution is -0.126. The van der Waals surface area contributed by atoms with E-state index < -0.39 is 0 Å². The van der Waals surface area contributed by atoms with E-state index in [0.29, 0.717) is 13.1 Å². The third kappa shape index (κ3) is 5.19. The van der Waals surface area contributed by atoms with Crippen LogP contribution in [0.25, 0.3) is 0 Å². The number of likely N-dealkylation sites (tertiary alicyclic amines) is 1. The van der Waals surface area contributed by atoms with Crippen LogP contribution in [0.2, 0.25) is 0 Å². The Morgan fingerprint density at radius 1 is 1.07 bits per heavy atom. The van der Waals surface area contributed by atoms with Crippen LogP contribution in [0.5, 0.6) is 0 Å². The first-order valence-corrected chi connectivity index (χ1v) is 9.72. The van der Waals surface area contributed by atoms with Crippen LogP contribution in [0.1, 0.15) is 39.9 Å². The normalized spacial score (nSPS) is 16.8. The molecule has 0 radical (unpaired) electrons. The summed E-state index contributed by atoms with van der Waals surface area (Å²) in [4.78, 5) is 27.3. The van der Waals surface area contributed by atoms with E-state index in [1.807, 2.05) is 49.1 Å². The van der Waals surface area contributed by atoms with Crippen LogP contribution in [0.4, 0.5) is 0 Å². The van der Waals surface area contributed by atoms with Gasteiger partial charge in [-0.25, -0.2) is 0 Å². The minimum Gasteiger partial charge on any atom is -0.355 e. The number of piperidine rings is 1. The van der Waals surface area contributed by atoms with E-state index >= 15 is 0 Å². The average Bonchev–Trinajstić information content (AvgIpc) is 2.67. The quantitative estimate of drug-likeness (QED) is 0.883. The highest BCUT2D eigenvalue weighted by Crippen LogP contribution is 2.20. The Bertz CT molecular complexity index is 781. The van der Waals surface area contributed by atoms with Crippen molar-refractivity contribution in [3.63, 3.8) is 0 Å². The van der Waals surface area contributed by atoms with Crippen LogP contribution >= 0.6 is 0 Å². The second kappa shape index (κ2) is 8.85. The fraction of sp³-hybridized carbons (Fsp3) is 0.391.